The number of para-hydroxylation sites is 1. The summed E-state index contributed by atoms with van der Waals surface area (Å²) in [6.45, 7) is 1.30. The predicted molar refractivity (Wildman–Crippen MR) is 94.0 cm³/mol. The molecule has 0 aliphatic heterocycles. The second kappa shape index (κ2) is 6.92. The Balaban J connectivity index is 2.18. The molecule has 0 radical (unpaired) electrons. The molecular formula is C19H15N3O3. The summed E-state index contributed by atoms with van der Waals surface area (Å²) in [7, 11) is 0. The van der Waals surface area contributed by atoms with Crippen LogP contribution in [-0.2, 0) is 4.79 Å². The zero-order valence-electron chi connectivity index (χ0n) is 13.5. The minimum atomic E-state index is -0.508. The van der Waals surface area contributed by atoms with Crippen molar-refractivity contribution in [3.63, 3.8) is 0 Å². The Hall–Kier alpha value is -3.54. The van der Waals surface area contributed by atoms with Crippen molar-refractivity contribution in [3.8, 4) is 5.69 Å². The summed E-state index contributed by atoms with van der Waals surface area (Å²) in [6, 6.07) is 18.6. The molecule has 0 aliphatic carbocycles. The third-order valence-electron chi connectivity index (χ3n) is 3.49. The quantitative estimate of drug-likeness (QED) is 0.744. The molecule has 3 aromatic rings. The number of nitrogens with zero attached hydrogens (tertiary/aromatic N) is 2. The molecule has 1 aromatic heterocycles. The van der Waals surface area contributed by atoms with E-state index in [0.717, 1.165) is 4.68 Å². The Labute approximate surface area is 143 Å². The van der Waals surface area contributed by atoms with Gasteiger partial charge in [-0.1, -0.05) is 48.5 Å². The van der Waals surface area contributed by atoms with E-state index in [2.05, 4.69) is 10.4 Å². The zero-order chi connectivity index (χ0) is 17.8. The van der Waals surface area contributed by atoms with Gasteiger partial charge in [-0.05, 0) is 18.2 Å². The fourth-order valence-corrected chi connectivity index (χ4v) is 2.37. The Morgan fingerprint density at radius 3 is 2.16 bits per heavy atom. The van der Waals surface area contributed by atoms with Crippen LogP contribution in [0.15, 0.2) is 71.5 Å². The van der Waals surface area contributed by atoms with Crippen molar-refractivity contribution in [1.29, 1.82) is 0 Å². The number of carbonyl (C=O) groups is 2. The lowest BCUT2D eigenvalue weighted by Gasteiger charge is -2.10. The number of rotatable bonds is 4. The Morgan fingerprint density at radius 2 is 1.56 bits per heavy atom. The molecule has 6 nitrogen and oxygen atoms in total. The summed E-state index contributed by atoms with van der Waals surface area (Å²) in [5.41, 5.74) is 0.513. The van der Waals surface area contributed by atoms with Crippen molar-refractivity contribution in [1.82, 2.24) is 9.78 Å². The first-order chi connectivity index (χ1) is 12.1. The van der Waals surface area contributed by atoms with Gasteiger partial charge in [0.25, 0.3) is 5.56 Å². The molecule has 124 valence electrons. The third-order valence-corrected chi connectivity index (χ3v) is 3.49. The topological polar surface area (TPSA) is 81.1 Å². The average molecular weight is 333 g/mol. The standard InChI is InChI=1S/C19H15N3O3/c1-13(23)20-17-12-16(18(24)14-8-4-2-5-9-14)21-22(19(17)25)15-10-6-3-7-11-15/h2-12H,1H3,(H,20,23). The van der Waals surface area contributed by atoms with Crippen molar-refractivity contribution in [2.45, 2.75) is 6.92 Å². The fourth-order valence-electron chi connectivity index (χ4n) is 2.37. The molecule has 1 amide bonds. The fraction of sp³-hybridized carbons (Fsp3) is 0.0526. The minimum absolute atomic E-state index is 0.00522. The second-order valence-corrected chi connectivity index (χ2v) is 5.37. The summed E-state index contributed by atoms with van der Waals surface area (Å²) in [5, 5.41) is 6.66. The molecule has 0 aliphatic rings. The van der Waals surface area contributed by atoms with Crippen LogP contribution < -0.4 is 10.9 Å². The van der Waals surface area contributed by atoms with Gasteiger partial charge in [0.05, 0.1) is 5.69 Å². The summed E-state index contributed by atoms with van der Waals surface area (Å²) in [6.07, 6.45) is 0. The van der Waals surface area contributed by atoms with Gasteiger partial charge in [-0.2, -0.15) is 9.78 Å². The summed E-state index contributed by atoms with van der Waals surface area (Å²) in [4.78, 5) is 36.7. The largest absolute Gasteiger partial charge is 0.322 e. The predicted octanol–water partition coefficient (Wildman–Crippen LogP) is 2.42. The van der Waals surface area contributed by atoms with Crippen LogP contribution in [0.4, 0.5) is 5.69 Å². The van der Waals surface area contributed by atoms with Crippen molar-refractivity contribution < 1.29 is 9.59 Å². The van der Waals surface area contributed by atoms with E-state index in [0.29, 0.717) is 11.3 Å². The summed E-state index contributed by atoms with van der Waals surface area (Å²) >= 11 is 0. The van der Waals surface area contributed by atoms with Gasteiger partial charge < -0.3 is 5.32 Å². The van der Waals surface area contributed by atoms with Crippen LogP contribution in [0.25, 0.3) is 5.69 Å². The molecule has 0 fully saturated rings. The van der Waals surface area contributed by atoms with Gasteiger partial charge in [-0.15, -0.1) is 0 Å². The number of aromatic nitrogens is 2. The number of hydrogen-bond acceptors (Lipinski definition) is 4. The van der Waals surface area contributed by atoms with E-state index in [4.69, 9.17) is 0 Å². The highest BCUT2D eigenvalue weighted by molar-refractivity contribution is 6.08. The first-order valence-electron chi connectivity index (χ1n) is 7.63. The lowest BCUT2D eigenvalue weighted by Crippen LogP contribution is -2.28. The molecule has 1 N–H and O–H groups in total. The maximum Gasteiger partial charge on any atom is 0.295 e. The number of hydrogen-bond donors (Lipinski definition) is 1. The number of carbonyl (C=O) groups excluding carboxylic acids is 2. The molecule has 25 heavy (non-hydrogen) atoms. The smallest absolute Gasteiger partial charge is 0.295 e. The zero-order valence-corrected chi connectivity index (χ0v) is 13.5. The van der Waals surface area contributed by atoms with E-state index in [1.165, 1.54) is 13.0 Å². The molecule has 0 saturated carbocycles. The van der Waals surface area contributed by atoms with E-state index < -0.39 is 11.5 Å². The van der Waals surface area contributed by atoms with Crippen LogP contribution in [0.1, 0.15) is 23.0 Å². The number of ketones is 1. The van der Waals surface area contributed by atoms with Crippen molar-refractivity contribution in [2.24, 2.45) is 0 Å². The highest BCUT2D eigenvalue weighted by Crippen LogP contribution is 2.12. The van der Waals surface area contributed by atoms with E-state index in [1.807, 2.05) is 6.07 Å². The van der Waals surface area contributed by atoms with Crippen LogP contribution in [0.5, 0.6) is 0 Å². The molecule has 0 atom stereocenters. The maximum atomic E-state index is 12.7. The van der Waals surface area contributed by atoms with E-state index in [9.17, 15) is 14.4 Å². The maximum absolute atomic E-state index is 12.7. The van der Waals surface area contributed by atoms with Crippen LogP contribution in [-0.4, -0.2) is 21.5 Å². The van der Waals surface area contributed by atoms with Crippen LogP contribution in [0.2, 0.25) is 0 Å². The Kier molecular flexibility index (Phi) is 4.52. The first kappa shape index (κ1) is 16.3. The molecular weight excluding hydrogens is 318 g/mol. The van der Waals surface area contributed by atoms with Crippen LogP contribution in [0, 0.1) is 0 Å². The molecule has 0 unspecified atom stereocenters. The van der Waals surface area contributed by atoms with Crippen molar-refractivity contribution >= 4 is 17.4 Å². The van der Waals surface area contributed by atoms with Gasteiger partial charge in [0.15, 0.2) is 0 Å². The summed E-state index contributed by atoms with van der Waals surface area (Å²) < 4.78 is 1.11. The SMILES string of the molecule is CC(=O)Nc1cc(C(=O)c2ccccc2)nn(-c2ccccc2)c1=O. The molecule has 0 bridgehead atoms. The van der Waals surface area contributed by atoms with Gasteiger partial charge in [0.2, 0.25) is 11.7 Å². The van der Waals surface area contributed by atoms with E-state index >= 15 is 0 Å². The average Bonchev–Trinajstić information content (AvgIpc) is 2.64. The van der Waals surface area contributed by atoms with E-state index in [-0.39, 0.29) is 17.2 Å². The minimum Gasteiger partial charge on any atom is -0.322 e. The third kappa shape index (κ3) is 3.53. The molecule has 6 heteroatoms. The Morgan fingerprint density at radius 1 is 0.960 bits per heavy atom. The first-order valence-corrected chi connectivity index (χ1v) is 7.63. The lowest BCUT2D eigenvalue weighted by molar-refractivity contribution is -0.114. The number of amides is 1. The number of benzene rings is 2. The van der Waals surface area contributed by atoms with Gasteiger partial charge >= 0.3 is 0 Å². The number of anilines is 1. The van der Waals surface area contributed by atoms with Gasteiger partial charge in [-0.3, -0.25) is 14.4 Å². The van der Waals surface area contributed by atoms with Gasteiger partial charge in [0, 0.05) is 12.5 Å². The highest BCUT2D eigenvalue weighted by atomic mass is 16.2. The molecule has 2 aromatic carbocycles. The molecule has 1 heterocycles. The van der Waals surface area contributed by atoms with Crippen LogP contribution >= 0.6 is 0 Å². The highest BCUT2D eigenvalue weighted by Gasteiger charge is 2.17. The normalized spacial score (nSPS) is 10.3. The van der Waals surface area contributed by atoms with E-state index in [1.54, 1.807) is 54.6 Å². The van der Waals surface area contributed by atoms with Crippen molar-refractivity contribution in [3.05, 3.63) is 88.3 Å². The monoisotopic (exact) mass is 333 g/mol. The van der Waals surface area contributed by atoms with Crippen LogP contribution in [0.3, 0.4) is 0 Å². The lowest BCUT2D eigenvalue weighted by atomic mass is 10.1. The molecule has 0 saturated heterocycles. The van der Waals surface area contributed by atoms with Gasteiger partial charge in [0.1, 0.15) is 11.4 Å². The second-order valence-electron chi connectivity index (χ2n) is 5.37. The van der Waals surface area contributed by atoms with Gasteiger partial charge in [-0.25, -0.2) is 0 Å². The molecule has 3 rings (SSSR count). The molecule has 0 spiro atoms. The Bertz CT molecular complexity index is 980. The number of nitrogens with one attached hydrogen (secondary N) is 1. The summed E-state index contributed by atoms with van der Waals surface area (Å²) in [5.74, 6) is -0.738. The van der Waals surface area contributed by atoms with Crippen molar-refractivity contribution in [2.75, 3.05) is 5.32 Å².